The van der Waals surface area contributed by atoms with Gasteiger partial charge in [0.2, 0.25) is 0 Å². The van der Waals surface area contributed by atoms with E-state index >= 15 is 0 Å². The predicted octanol–water partition coefficient (Wildman–Crippen LogP) is 6.94. The molecule has 1 aliphatic rings. The van der Waals surface area contributed by atoms with Gasteiger partial charge in [0.05, 0.1) is 22.6 Å². The van der Waals surface area contributed by atoms with Crippen molar-refractivity contribution < 1.29 is 9.53 Å². The number of hydrogen-bond acceptors (Lipinski definition) is 4. The Balaban J connectivity index is 1.48. The molecule has 0 unspecified atom stereocenters. The molecule has 6 rings (SSSR count). The zero-order valence-electron chi connectivity index (χ0n) is 21.7. The first-order chi connectivity index (χ1) is 19.7. The molecule has 40 heavy (non-hydrogen) atoms. The first-order valence-electron chi connectivity index (χ1n) is 13.0. The largest absolute Gasteiger partial charge is 0.490 e. The first kappa shape index (κ1) is 24.8. The maximum atomic E-state index is 13.9. The van der Waals surface area contributed by atoms with Gasteiger partial charge in [0, 0.05) is 22.9 Å². The highest BCUT2D eigenvalue weighted by molar-refractivity contribution is 6.37. The maximum absolute atomic E-state index is 13.9. The third-order valence-electron chi connectivity index (χ3n) is 6.48. The Morgan fingerprint density at radius 1 is 0.750 bits per heavy atom. The highest BCUT2D eigenvalue weighted by Gasteiger charge is 2.32. The van der Waals surface area contributed by atoms with Crippen molar-refractivity contribution in [2.75, 3.05) is 11.6 Å². The van der Waals surface area contributed by atoms with Crippen molar-refractivity contribution in [3.05, 3.63) is 151 Å². The van der Waals surface area contributed by atoms with Crippen LogP contribution in [0.2, 0.25) is 0 Å². The van der Waals surface area contributed by atoms with Gasteiger partial charge in [0.15, 0.2) is 0 Å². The fourth-order valence-electron chi connectivity index (χ4n) is 4.55. The van der Waals surface area contributed by atoms with Crippen LogP contribution in [-0.4, -0.2) is 28.0 Å². The van der Waals surface area contributed by atoms with Crippen LogP contribution in [0.15, 0.2) is 145 Å². The molecule has 6 nitrogen and oxygen atoms in total. The van der Waals surface area contributed by atoms with Crippen molar-refractivity contribution >= 4 is 23.4 Å². The minimum Gasteiger partial charge on any atom is -0.490 e. The van der Waals surface area contributed by atoms with E-state index < -0.39 is 0 Å². The molecule has 1 aromatic heterocycles. The van der Waals surface area contributed by atoms with Gasteiger partial charge in [0.1, 0.15) is 18.1 Å². The lowest BCUT2D eigenvalue weighted by molar-refractivity contribution is -0.114. The second-order valence-electron chi connectivity index (χ2n) is 9.16. The molecule has 1 amide bonds. The quantitative estimate of drug-likeness (QED) is 0.164. The van der Waals surface area contributed by atoms with Crippen molar-refractivity contribution in [1.82, 2.24) is 9.78 Å². The van der Waals surface area contributed by atoms with E-state index in [9.17, 15) is 4.79 Å². The Labute approximate surface area is 232 Å². The summed E-state index contributed by atoms with van der Waals surface area (Å²) in [5.41, 5.74) is 6.03. The van der Waals surface area contributed by atoms with Gasteiger partial charge in [-0.15, -0.1) is 0 Å². The van der Waals surface area contributed by atoms with E-state index in [0.717, 1.165) is 33.8 Å². The van der Waals surface area contributed by atoms with E-state index in [1.165, 1.54) is 5.01 Å². The molecule has 1 aliphatic heterocycles. The van der Waals surface area contributed by atoms with Crippen molar-refractivity contribution in [1.29, 1.82) is 0 Å². The summed E-state index contributed by atoms with van der Waals surface area (Å²) in [6.45, 7) is 4.14. The van der Waals surface area contributed by atoms with E-state index in [-0.39, 0.29) is 5.91 Å². The summed E-state index contributed by atoms with van der Waals surface area (Å²) in [5.74, 6) is 0.547. The Bertz CT molecular complexity index is 1700. The summed E-state index contributed by atoms with van der Waals surface area (Å²) in [5, 5.41) is 11.2. The van der Waals surface area contributed by atoms with E-state index in [0.29, 0.717) is 23.6 Å². The number of carbonyl (C=O) groups is 1. The minimum atomic E-state index is -0.198. The zero-order valence-corrected chi connectivity index (χ0v) is 21.7. The van der Waals surface area contributed by atoms with Crippen LogP contribution in [0.4, 0.5) is 5.69 Å². The Morgan fingerprint density at radius 3 is 2.02 bits per heavy atom. The first-order valence-corrected chi connectivity index (χ1v) is 13.0. The smallest absolute Gasteiger partial charge is 0.281 e. The van der Waals surface area contributed by atoms with E-state index in [1.54, 1.807) is 6.08 Å². The van der Waals surface area contributed by atoms with Crippen LogP contribution in [0.5, 0.6) is 5.75 Å². The topological polar surface area (TPSA) is 59.7 Å². The van der Waals surface area contributed by atoms with Crippen LogP contribution in [-0.2, 0) is 4.79 Å². The number of rotatable bonds is 8. The normalized spacial score (nSPS) is 13.9. The van der Waals surface area contributed by atoms with Gasteiger partial charge in [-0.25, -0.2) is 4.68 Å². The molecule has 0 spiro atoms. The maximum Gasteiger partial charge on any atom is 0.281 e. The summed E-state index contributed by atoms with van der Waals surface area (Å²) in [7, 11) is 0. The van der Waals surface area contributed by atoms with Crippen molar-refractivity contribution in [3.63, 3.8) is 0 Å². The lowest BCUT2D eigenvalue weighted by Crippen LogP contribution is -2.21. The van der Waals surface area contributed by atoms with Crippen molar-refractivity contribution in [3.8, 4) is 22.7 Å². The second kappa shape index (κ2) is 11.1. The lowest BCUT2D eigenvalue weighted by atomic mass is 9.99. The number of carbonyl (C=O) groups excluding carboxylic acids is 1. The van der Waals surface area contributed by atoms with Gasteiger partial charge >= 0.3 is 0 Å². The number of para-hydroxylation sites is 2. The second-order valence-corrected chi connectivity index (χ2v) is 9.16. The summed E-state index contributed by atoms with van der Waals surface area (Å²) < 4.78 is 7.50. The Hall–Kier alpha value is -5.49. The average Bonchev–Trinajstić information content (AvgIpc) is 3.59. The molecule has 0 saturated heterocycles. The number of anilines is 1. The highest BCUT2D eigenvalue weighted by Crippen LogP contribution is 2.32. The van der Waals surface area contributed by atoms with Gasteiger partial charge in [-0.1, -0.05) is 79.4 Å². The molecule has 0 aliphatic carbocycles. The number of ether oxygens (including phenoxy) is 1. The van der Waals surface area contributed by atoms with Gasteiger partial charge in [-0.3, -0.25) is 4.79 Å². The Morgan fingerprint density at radius 2 is 1.38 bits per heavy atom. The summed E-state index contributed by atoms with van der Waals surface area (Å²) in [4.78, 5) is 13.9. The fourth-order valence-corrected chi connectivity index (χ4v) is 4.55. The van der Waals surface area contributed by atoms with Gasteiger partial charge in [-0.05, 0) is 54.6 Å². The third kappa shape index (κ3) is 4.98. The van der Waals surface area contributed by atoms with Gasteiger partial charge in [-0.2, -0.15) is 15.2 Å². The van der Waals surface area contributed by atoms with Crippen molar-refractivity contribution in [2.45, 2.75) is 0 Å². The zero-order chi connectivity index (χ0) is 27.3. The number of benzene rings is 4. The lowest BCUT2D eigenvalue weighted by Gasteiger charge is -2.10. The standard InChI is InChI=1S/C34H26N4O2/c1-2-22-40-30-20-18-26(19-21-30)32-27(24-37(35-32)28-14-8-4-9-15-28)23-31-33(25-12-6-3-7-13-25)36-38(34(31)39)29-16-10-5-11-17-29/h2-21,23-24H,1,22H2/b31-23-. The fraction of sp³-hybridized carbons (Fsp3) is 0.0294. The number of amides is 1. The summed E-state index contributed by atoms with van der Waals surface area (Å²) >= 11 is 0. The SMILES string of the molecule is C=CCOc1ccc(-c2nn(-c3ccccc3)cc2/C=C2\C(=O)N(c3ccccc3)N=C2c2ccccc2)cc1. The number of hydrazone groups is 1. The summed E-state index contributed by atoms with van der Waals surface area (Å²) in [6.07, 6.45) is 5.55. The molecule has 2 heterocycles. The minimum absolute atomic E-state index is 0.198. The molecule has 0 radical (unpaired) electrons. The molecule has 0 atom stereocenters. The molecular formula is C34H26N4O2. The van der Waals surface area contributed by atoms with Crippen LogP contribution in [0.1, 0.15) is 11.1 Å². The van der Waals surface area contributed by atoms with Crippen LogP contribution < -0.4 is 9.75 Å². The van der Waals surface area contributed by atoms with Gasteiger partial charge in [0.25, 0.3) is 5.91 Å². The highest BCUT2D eigenvalue weighted by atomic mass is 16.5. The van der Waals surface area contributed by atoms with Crippen LogP contribution in [0.3, 0.4) is 0 Å². The number of hydrogen-bond donors (Lipinski definition) is 0. The van der Waals surface area contributed by atoms with E-state index in [2.05, 4.69) is 6.58 Å². The monoisotopic (exact) mass is 522 g/mol. The molecule has 194 valence electrons. The van der Waals surface area contributed by atoms with Crippen molar-refractivity contribution in [2.24, 2.45) is 5.10 Å². The average molecular weight is 523 g/mol. The molecule has 4 aromatic carbocycles. The van der Waals surface area contributed by atoms with Gasteiger partial charge < -0.3 is 4.74 Å². The molecule has 0 bridgehead atoms. The number of aromatic nitrogens is 2. The van der Waals surface area contributed by atoms with Crippen LogP contribution in [0.25, 0.3) is 23.0 Å². The molecular weight excluding hydrogens is 496 g/mol. The molecule has 0 saturated carbocycles. The van der Waals surface area contributed by atoms with Crippen LogP contribution in [0, 0.1) is 0 Å². The molecule has 0 fully saturated rings. The molecule has 5 aromatic rings. The number of nitrogens with zero attached hydrogens (tertiary/aromatic N) is 4. The van der Waals surface area contributed by atoms with E-state index in [4.69, 9.17) is 14.9 Å². The van der Waals surface area contributed by atoms with Crippen LogP contribution >= 0.6 is 0 Å². The van der Waals surface area contributed by atoms with E-state index in [1.807, 2.05) is 132 Å². The molecule has 6 heteroatoms. The predicted molar refractivity (Wildman–Crippen MR) is 160 cm³/mol. The Kier molecular flexibility index (Phi) is 6.88. The molecule has 0 N–H and O–H groups in total. The summed E-state index contributed by atoms with van der Waals surface area (Å²) in [6, 6.07) is 36.9. The third-order valence-corrected chi connectivity index (χ3v) is 6.48.